The highest BCUT2D eigenvalue weighted by Gasteiger charge is 2.21. The molecule has 4 heteroatoms. The highest BCUT2D eigenvalue weighted by Crippen LogP contribution is 2.28. The highest BCUT2D eigenvalue weighted by atomic mass is 19.1. The zero-order valence-corrected chi connectivity index (χ0v) is 12.2. The maximum absolute atomic E-state index is 13.1. The van der Waals surface area contributed by atoms with Crippen LogP contribution in [0.25, 0.3) is 0 Å². The van der Waals surface area contributed by atoms with Gasteiger partial charge in [-0.2, -0.15) is 0 Å². The molecule has 21 heavy (non-hydrogen) atoms. The lowest BCUT2D eigenvalue weighted by Gasteiger charge is -2.25. The molecule has 1 aliphatic rings. The molecule has 3 rings (SSSR count). The van der Waals surface area contributed by atoms with E-state index in [1.165, 1.54) is 30.5 Å². The van der Waals surface area contributed by atoms with E-state index in [9.17, 15) is 4.39 Å². The van der Waals surface area contributed by atoms with E-state index < -0.39 is 0 Å². The Balaban J connectivity index is 1.86. The molecule has 1 heterocycles. The molecule has 0 atom stereocenters. The van der Waals surface area contributed by atoms with Crippen LogP contribution in [0.5, 0.6) is 0 Å². The molecule has 0 unspecified atom stereocenters. The van der Waals surface area contributed by atoms with Gasteiger partial charge in [0, 0.05) is 31.0 Å². The van der Waals surface area contributed by atoms with Gasteiger partial charge in [0.15, 0.2) is 0 Å². The summed E-state index contributed by atoms with van der Waals surface area (Å²) in [7, 11) is 0. The third kappa shape index (κ3) is 3.39. The van der Waals surface area contributed by atoms with Gasteiger partial charge >= 0.3 is 0 Å². The fourth-order valence-corrected chi connectivity index (χ4v) is 2.46. The number of rotatable bonds is 6. The van der Waals surface area contributed by atoms with E-state index in [1.54, 1.807) is 0 Å². The van der Waals surface area contributed by atoms with Crippen molar-refractivity contribution in [3.05, 3.63) is 54.1 Å². The Morgan fingerprint density at radius 2 is 2.00 bits per heavy atom. The van der Waals surface area contributed by atoms with Crippen molar-refractivity contribution in [1.29, 1.82) is 0 Å². The molecule has 0 spiro atoms. The van der Waals surface area contributed by atoms with Crippen LogP contribution in [0, 0.1) is 5.82 Å². The molecule has 2 aromatic rings. The smallest absolute Gasteiger partial charge is 0.123 e. The van der Waals surface area contributed by atoms with Gasteiger partial charge in [-0.3, -0.25) is 4.98 Å². The van der Waals surface area contributed by atoms with Crippen molar-refractivity contribution in [2.75, 3.05) is 11.4 Å². The van der Waals surface area contributed by atoms with Gasteiger partial charge in [0.2, 0.25) is 0 Å². The molecule has 0 aliphatic heterocycles. The van der Waals surface area contributed by atoms with Crippen molar-refractivity contribution >= 4 is 11.4 Å². The Labute approximate surface area is 124 Å². The Kier molecular flexibility index (Phi) is 4.15. The van der Waals surface area contributed by atoms with Gasteiger partial charge in [0.05, 0.1) is 11.9 Å². The number of hydrogen-bond donors (Lipinski definition) is 1. The van der Waals surface area contributed by atoms with Gasteiger partial charge in [-0.1, -0.05) is 0 Å². The van der Waals surface area contributed by atoms with Crippen LogP contribution in [0.4, 0.5) is 15.8 Å². The number of nitrogens with one attached hydrogen (secondary N) is 1. The molecule has 1 aliphatic carbocycles. The molecule has 1 fully saturated rings. The average molecular weight is 285 g/mol. The summed E-state index contributed by atoms with van der Waals surface area (Å²) in [6.07, 6.45) is 6.26. The van der Waals surface area contributed by atoms with Crippen LogP contribution < -0.4 is 10.2 Å². The van der Waals surface area contributed by atoms with Gasteiger partial charge in [-0.25, -0.2) is 4.39 Å². The number of benzene rings is 1. The Bertz CT molecular complexity index is 593. The minimum Gasteiger partial charge on any atom is -0.340 e. The van der Waals surface area contributed by atoms with Crippen LogP contribution in [0.3, 0.4) is 0 Å². The van der Waals surface area contributed by atoms with Crippen molar-refractivity contribution < 1.29 is 4.39 Å². The van der Waals surface area contributed by atoms with Crippen LogP contribution in [-0.2, 0) is 6.54 Å². The second-order valence-corrected chi connectivity index (χ2v) is 5.38. The minimum atomic E-state index is -0.211. The molecule has 0 amide bonds. The zero-order chi connectivity index (χ0) is 14.7. The molecular weight excluding hydrogens is 265 g/mol. The van der Waals surface area contributed by atoms with E-state index in [1.807, 2.05) is 24.5 Å². The van der Waals surface area contributed by atoms with Crippen molar-refractivity contribution in [1.82, 2.24) is 10.3 Å². The van der Waals surface area contributed by atoms with Gasteiger partial charge in [0.25, 0.3) is 0 Å². The van der Waals surface area contributed by atoms with Crippen LogP contribution in [0.1, 0.15) is 25.3 Å². The predicted molar refractivity (Wildman–Crippen MR) is 83.2 cm³/mol. The largest absolute Gasteiger partial charge is 0.340 e. The molecule has 1 aromatic heterocycles. The number of aromatic nitrogens is 1. The monoisotopic (exact) mass is 285 g/mol. The van der Waals surface area contributed by atoms with Crippen LogP contribution in [-0.4, -0.2) is 17.6 Å². The average Bonchev–Trinajstić information content (AvgIpc) is 3.33. The molecule has 0 radical (unpaired) electrons. The molecule has 0 saturated heterocycles. The Hall–Kier alpha value is -1.94. The first-order valence-electron chi connectivity index (χ1n) is 7.47. The maximum Gasteiger partial charge on any atom is 0.123 e. The zero-order valence-electron chi connectivity index (χ0n) is 12.2. The lowest BCUT2D eigenvalue weighted by atomic mass is 10.1. The van der Waals surface area contributed by atoms with Crippen LogP contribution in [0.2, 0.25) is 0 Å². The predicted octanol–water partition coefficient (Wildman–Crippen LogP) is 3.63. The number of hydrogen-bond acceptors (Lipinski definition) is 3. The van der Waals surface area contributed by atoms with E-state index >= 15 is 0 Å². The van der Waals surface area contributed by atoms with Crippen molar-refractivity contribution in [3.8, 4) is 0 Å². The molecule has 1 aromatic carbocycles. The number of halogens is 1. The third-order valence-electron chi connectivity index (χ3n) is 3.79. The summed E-state index contributed by atoms with van der Waals surface area (Å²) in [6, 6.07) is 9.34. The summed E-state index contributed by atoms with van der Waals surface area (Å²) < 4.78 is 13.1. The summed E-state index contributed by atoms with van der Waals surface area (Å²) in [5, 5.41) is 3.54. The first-order chi connectivity index (χ1) is 10.3. The first kappa shape index (κ1) is 14.0. The van der Waals surface area contributed by atoms with Crippen LogP contribution >= 0.6 is 0 Å². The van der Waals surface area contributed by atoms with E-state index in [0.717, 1.165) is 24.5 Å². The molecule has 1 saturated carbocycles. The SMILES string of the molecule is CCN(c1ccc(F)cc1)c1cnccc1CNC1CC1. The summed E-state index contributed by atoms with van der Waals surface area (Å²) in [5.41, 5.74) is 3.29. The third-order valence-corrected chi connectivity index (χ3v) is 3.79. The molecular formula is C17H20FN3. The second kappa shape index (κ2) is 6.22. The molecule has 0 bridgehead atoms. The summed E-state index contributed by atoms with van der Waals surface area (Å²) >= 11 is 0. The van der Waals surface area contributed by atoms with Crippen molar-refractivity contribution in [2.45, 2.75) is 32.4 Å². The lowest BCUT2D eigenvalue weighted by Crippen LogP contribution is -2.21. The molecule has 110 valence electrons. The number of pyridine rings is 1. The standard InChI is InChI=1S/C17H20FN3/c1-2-21(16-7-3-14(18)4-8-16)17-12-19-10-9-13(17)11-20-15-5-6-15/h3-4,7-10,12,15,20H,2,5-6,11H2,1H3. The van der Waals surface area contributed by atoms with E-state index in [4.69, 9.17) is 0 Å². The fourth-order valence-electron chi connectivity index (χ4n) is 2.46. The van der Waals surface area contributed by atoms with Crippen molar-refractivity contribution in [3.63, 3.8) is 0 Å². The van der Waals surface area contributed by atoms with Crippen molar-refractivity contribution in [2.24, 2.45) is 0 Å². The van der Waals surface area contributed by atoms with Gasteiger partial charge in [0.1, 0.15) is 5.82 Å². The topological polar surface area (TPSA) is 28.2 Å². The van der Waals surface area contributed by atoms with E-state index in [0.29, 0.717) is 6.04 Å². The number of anilines is 2. The highest BCUT2D eigenvalue weighted by molar-refractivity contribution is 5.65. The maximum atomic E-state index is 13.1. The van der Waals surface area contributed by atoms with Gasteiger partial charge in [-0.05, 0) is 55.7 Å². The first-order valence-corrected chi connectivity index (χ1v) is 7.47. The normalized spacial score (nSPS) is 14.2. The Morgan fingerprint density at radius 3 is 2.67 bits per heavy atom. The van der Waals surface area contributed by atoms with Gasteiger partial charge < -0.3 is 10.2 Å². The quantitative estimate of drug-likeness (QED) is 0.878. The molecule has 1 N–H and O–H groups in total. The summed E-state index contributed by atoms with van der Waals surface area (Å²) in [4.78, 5) is 6.42. The molecule has 3 nitrogen and oxygen atoms in total. The second-order valence-electron chi connectivity index (χ2n) is 5.38. The van der Waals surface area contributed by atoms with Crippen LogP contribution in [0.15, 0.2) is 42.7 Å². The summed E-state index contributed by atoms with van der Waals surface area (Å²) in [5.74, 6) is -0.211. The Morgan fingerprint density at radius 1 is 1.24 bits per heavy atom. The van der Waals surface area contributed by atoms with E-state index in [-0.39, 0.29) is 5.82 Å². The fraction of sp³-hybridized carbons (Fsp3) is 0.353. The van der Waals surface area contributed by atoms with Gasteiger partial charge in [-0.15, -0.1) is 0 Å². The summed E-state index contributed by atoms with van der Waals surface area (Å²) in [6.45, 7) is 3.75. The van der Waals surface area contributed by atoms with E-state index in [2.05, 4.69) is 28.2 Å². The minimum absolute atomic E-state index is 0.211. The number of nitrogens with zero attached hydrogens (tertiary/aromatic N) is 2. The lowest BCUT2D eigenvalue weighted by molar-refractivity contribution is 0.627.